The molecule has 0 saturated carbocycles. The predicted molar refractivity (Wildman–Crippen MR) is 114 cm³/mol. The van der Waals surface area contributed by atoms with Crippen LogP contribution in [0.5, 0.6) is 11.5 Å². The number of thiophene rings is 1. The molecule has 0 radical (unpaired) electrons. The van der Waals surface area contributed by atoms with Crippen molar-refractivity contribution < 1.29 is 9.47 Å². The molecule has 0 fully saturated rings. The lowest BCUT2D eigenvalue weighted by Gasteiger charge is -2.30. The molecule has 1 aliphatic rings. The van der Waals surface area contributed by atoms with E-state index in [4.69, 9.17) is 14.5 Å². The smallest absolute Gasteiger partial charge is 0.182 e. The molecule has 1 aliphatic heterocycles. The van der Waals surface area contributed by atoms with E-state index in [1.807, 2.05) is 18.2 Å². The van der Waals surface area contributed by atoms with E-state index < -0.39 is 0 Å². The summed E-state index contributed by atoms with van der Waals surface area (Å²) in [4.78, 5) is 14.5. The first-order valence-corrected chi connectivity index (χ1v) is 10.5. The van der Waals surface area contributed by atoms with Gasteiger partial charge in [-0.25, -0.2) is 14.5 Å². The van der Waals surface area contributed by atoms with Gasteiger partial charge in [-0.05, 0) is 44.0 Å². The van der Waals surface area contributed by atoms with E-state index >= 15 is 0 Å². The summed E-state index contributed by atoms with van der Waals surface area (Å²) in [6.07, 6.45) is 2.78. The predicted octanol–water partition coefficient (Wildman–Crippen LogP) is 3.79. The molecule has 8 heteroatoms. The Labute approximate surface area is 172 Å². The van der Waals surface area contributed by atoms with Crippen molar-refractivity contribution in [3.05, 3.63) is 35.0 Å². The second-order valence-corrected chi connectivity index (χ2v) is 8.60. The Morgan fingerprint density at radius 2 is 1.97 bits per heavy atom. The maximum absolute atomic E-state index is 5.43. The first-order valence-electron chi connectivity index (χ1n) is 9.71. The van der Waals surface area contributed by atoms with E-state index in [9.17, 15) is 0 Å². The van der Waals surface area contributed by atoms with Crippen molar-refractivity contribution in [1.29, 1.82) is 0 Å². The van der Waals surface area contributed by atoms with Gasteiger partial charge in [-0.1, -0.05) is 0 Å². The Hall–Kier alpha value is -2.71. The molecular weight excluding hydrogens is 386 g/mol. The molecule has 0 N–H and O–H groups in total. The summed E-state index contributed by atoms with van der Waals surface area (Å²) in [5.74, 6) is 2.00. The molecular formula is C21H23N5O2S. The number of ether oxygens (including phenoxy) is 2. The second-order valence-electron chi connectivity index (χ2n) is 7.52. The molecule has 0 spiro atoms. The van der Waals surface area contributed by atoms with Gasteiger partial charge in [0.15, 0.2) is 23.0 Å². The SMILES string of the molecule is COc1ccc(-c2nc3c4c5c(sc4ncn3n2)CN(C(C)C)CC5)cc1OC. The number of hydrogen-bond acceptors (Lipinski definition) is 7. The zero-order valence-corrected chi connectivity index (χ0v) is 17.8. The number of nitrogens with zero attached hydrogens (tertiary/aromatic N) is 5. The molecule has 1 aromatic carbocycles. The largest absolute Gasteiger partial charge is 0.493 e. The van der Waals surface area contributed by atoms with Crippen LogP contribution in [0.2, 0.25) is 0 Å². The normalized spacial score (nSPS) is 14.7. The number of aromatic nitrogens is 4. The van der Waals surface area contributed by atoms with Gasteiger partial charge in [0, 0.05) is 29.6 Å². The van der Waals surface area contributed by atoms with Crippen LogP contribution in [0.25, 0.3) is 27.3 Å². The summed E-state index contributed by atoms with van der Waals surface area (Å²) in [6.45, 7) is 6.55. The fourth-order valence-electron chi connectivity index (χ4n) is 3.95. The van der Waals surface area contributed by atoms with Gasteiger partial charge in [-0.2, -0.15) is 0 Å². The van der Waals surface area contributed by atoms with Crippen molar-refractivity contribution in [2.45, 2.75) is 32.9 Å². The van der Waals surface area contributed by atoms with Crippen LogP contribution in [0.4, 0.5) is 0 Å². The molecule has 0 aliphatic carbocycles. The van der Waals surface area contributed by atoms with Gasteiger partial charge in [0.1, 0.15) is 11.2 Å². The van der Waals surface area contributed by atoms with E-state index in [0.717, 1.165) is 40.9 Å². The highest BCUT2D eigenvalue weighted by molar-refractivity contribution is 7.19. The standard InChI is InChI=1S/C21H23N5O2S/c1-12(2)25-8-7-14-17(10-25)29-21-18(14)20-23-19(24-26(20)11-22-21)13-5-6-15(27-3)16(9-13)28-4/h5-6,9,11-12H,7-8,10H2,1-4H3. The number of methoxy groups -OCH3 is 2. The first-order chi connectivity index (χ1) is 14.1. The van der Waals surface area contributed by atoms with Crippen LogP contribution in [-0.2, 0) is 13.0 Å². The zero-order valence-electron chi connectivity index (χ0n) is 17.0. The van der Waals surface area contributed by atoms with Crippen molar-refractivity contribution in [3.8, 4) is 22.9 Å². The highest BCUT2D eigenvalue weighted by Crippen LogP contribution is 2.37. The summed E-state index contributed by atoms with van der Waals surface area (Å²) >= 11 is 1.78. The molecule has 5 rings (SSSR count). The Morgan fingerprint density at radius 3 is 2.72 bits per heavy atom. The van der Waals surface area contributed by atoms with Crippen LogP contribution in [0, 0.1) is 0 Å². The highest BCUT2D eigenvalue weighted by atomic mass is 32.1. The Kier molecular flexibility index (Phi) is 4.40. The molecule has 3 aromatic heterocycles. The van der Waals surface area contributed by atoms with Crippen LogP contribution in [0.15, 0.2) is 24.5 Å². The average molecular weight is 410 g/mol. The number of benzene rings is 1. The summed E-state index contributed by atoms with van der Waals surface area (Å²) in [5, 5.41) is 5.82. The molecule has 150 valence electrons. The summed E-state index contributed by atoms with van der Waals surface area (Å²) in [7, 11) is 3.26. The van der Waals surface area contributed by atoms with E-state index in [2.05, 4.69) is 28.8 Å². The third kappa shape index (κ3) is 2.94. The Bertz CT molecular complexity index is 1210. The minimum Gasteiger partial charge on any atom is -0.493 e. The fourth-order valence-corrected chi connectivity index (χ4v) is 5.16. The topological polar surface area (TPSA) is 64.8 Å². The molecule has 0 saturated heterocycles. The van der Waals surface area contributed by atoms with Crippen LogP contribution in [-0.4, -0.2) is 51.3 Å². The number of rotatable bonds is 4. The Balaban J connectivity index is 1.63. The number of hydrogen-bond donors (Lipinski definition) is 0. The molecule has 29 heavy (non-hydrogen) atoms. The minimum atomic E-state index is 0.547. The van der Waals surface area contributed by atoms with Crippen molar-refractivity contribution in [3.63, 3.8) is 0 Å². The molecule has 4 aromatic rings. The van der Waals surface area contributed by atoms with Crippen molar-refractivity contribution in [1.82, 2.24) is 24.5 Å². The van der Waals surface area contributed by atoms with E-state index in [1.54, 1.807) is 36.4 Å². The maximum atomic E-state index is 5.43. The van der Waals surface area contributed by atoms with Gasteiger partial charge in [0.2, 0.25) is 0 Å². The van der Waals surface area contributed by atoms with Gasteiger partial charge < -0.3 is 9.47 Å². The van der Waals surface area contributed by atoms with Crippen molar-refractivity contribution in [2.75, 3.05) is 20.8 Å². The fraction of sp³-hybridized carbons (Fsp3) is 0.381. The molecule has 0 atom stereocenters. The minimum absolute atomic E-state index is 0.547. The highest BCUT2D eigenvalue weighted by Gasteiger charge is 2.25. The van der Waals surface area contributed by atoms with Gasteiger partial charge in [0.05, 0.1) is 19.6 Å². The summed E-state index contributed by atoms with van der Waals surface area (Å²) in [6, 6.07) is 6.28. The van der Waals surface area contributed by atoms with Gasteiger partial charge in [-0.15, -0.1) is 16.4 Å². The van der Waals surface area contributed by atoms with E-state index in [0.29, 0.717) is 23.4 Å². The number of fused-ring (bicyclic) bond motifs is 5. The molecule has 0 bridgehead atoms. The second kappa shape index (κ2) is 6.96. The third-order valence-corrected chi connectivity index (χ3v) is 6.70. The molecule has 0 amide bonds. The van der Waals surface area contributed by atoms with Gasteiger partial charge in [0.25, 0.3) is 0 Å². The van der Waals surface area contributed by atoms with Crippen molar-refractivity contribution in [2.24, 2.45) is 0 Å². The maximum Gasteiger partial charge on any atom is 0.182 e. The zero-order chi connectivity index (χ0) is 20.1. The Morgan fingerprint density at radius 1 is 1.14 bits per heavy atom. The van der Waals surface area contributed by atoms with Gasteiger partial charge >= 0.3 is 0 Å². The van der Waals surface area contributed by atoms with Crippen LogP contribution in [0.1, 0.15) is 24.3 Å². The third-order valence-electron chi connectivity index (χ3n) is 5.58. The summed E-state index contributed by atoms with van der Waals surface area (Å²) < 4.78 is 12.6. The molecule has 0 unspecified atom stereocenters. The molecule has 4 heterocycles. The van der Waals surface area contributed by atoms with Gasteiger partial charge in [-0.3, -0.25) is 4.90 Å². The van der Waals surface area contributed by atoms with Crippen LogP contribution < -0.4 is 9.47 Å². The average Bonchev–Trinajstić information content (AvgIpc) is 3.33. The van der Waals surface area contributed by atoms with E-state index in [1.165, 1.54) is 10.4 Å². The quantitative estimate of drug-likeness (QED) is 0.511. The lowest BCUT2D eigenvalue weighted by Crippen LogP contribution is -2.35. The first kappa shape index (κ1) is 18.3. The van der Waals surface area contributed by atoms with E-state index in [-0.39, 0.29) is 0 Å². The van der Waals surface area contributed by atoms with Crippen LogP contribution in [0.3, 0.4) is 0 Å². The lowest BCUT2D eigenvalue weighted by molar-refractivity contribution is 0.206. The van der Waals surface area contributed by atoms with Crippen LogP contribution >= 0.6 is 11.3 Å². The lowest BCUT2D eigenvalue weighted by atomic mass is 10.0. The van der Waals surface area contributed by atoms with Crippen molar-refractivity contribution >= 4 is 27.2 Å². The monoisotopic (exact) mass is 409 g/mol. The molecule has 7 nitrogen and oxygen atoms in total. The summed E-state index contributed by atoms with van der Waals surface area (Å²) in [5.41, 5.74) is 3.14.